The Balaban J connectivity index is 2.90. The monoisotopic (exact) mass is 249 g/mol. The SMILES string of the molecule is CCC(C(=O)O)N(C)Cc1cc(C)c(C)cc1C. The van der Waals surface area contributed by atoms with E-state index in [4.69, 9.17) is 5.11 Å². The Morgan fingerprint density at radius 2 is 1.78 bits per heavy atom. The molecule has 0 aliphatic carbocycles. The van der Waals surface area contributed by atoms with E-state index in [2.05, 4.69) is 32.9 Å². The number of carboxylic acid groups (broad SMARTS) is 1. The van der Waals surface area contributed by atoms with E-state index in [1.54, 1.807) is 0 Å². The number of aryl methyl sites for hydroxylation is 3. The zero-order chi connectivity index (χ0) is 13.9. The molecule has 0 saturated heterocycles. The topological polar surface area (TPSA) is 40.5 Å². The summed E-state index contributed by atoms with van der Waals surface area (Å²) in [6.45, 7) is 8.85. The second-order valence-electron chi connectivity index (χ2n) is 5.04. The van der Waals surface area contributed by atoms with Crippen LogP contribution in [-0.4, -0.2) is 29.1 Å². The summed E-state index contributed by atoms with van der Waals surface area (Å²) >= 11 is 0. The Morgan fingerprint density at radius 3 is 2.28 bits per heavy atom. The van der Waals surface area contributed by atoms with Crippen molar-refractivity contribution in [1.82, 2.24) is 4.90 Å². The molecule has 0 aliphatic heterocycles. The molecule has 0 amide bonds. The Bertz CT molecular complexity index is 440. The van der Waals surface area contributed by atoms with Crippen LogP contribution in [0, 0.1) is 20.8 Å². The summed E-state index contributed by atoms with van der Waals surface area (Å²) in [5.41, 5.74) is 4.97. The molecular weight excluding hydrogens is 226 g/mol. The Kier molecular flexibility index (Phi) is 4.91. The zero-order valence-corrected chi connectivity index (χ0v) is 11.9. The lowest BCUT2D eigenvalue weighted by Crippen LogP contribution is -2.37. The van der Waals surface area contributed by atoms with Crippen molar-refractivity contribution in [3.63, 3.8) is 0 Å². The average Bonchev–Trinajstić information content (AvgIpc) is 2.26. The van der Waals surface area contributed by atoms with E-state index in [9.17, 15) is 4.79 Å². The first-order valence-corrected chi connectivity index (χ1v) is 6.36. The standard InChI is InChI=1S/C15H23NO2/c1-6-14(15(17)18)16(5)9-13-8-11(3)10(2)7-12(13)4/h7-8,14H,6,9H2,1-5H3,(H,17,18). The molecule has 1 atom stereocenters. The first-order chi connectivity index (χ1) is 8.36. The molecule has 0 saturated carbocycles. The first kappa shape index (κ1) is 14.7. The van der Waals surface area contributed by atoms with Gasteiger partial charge in [0, 0.05) is 6.54 Å². The lowest BCUT2D eigenvalue weighted by atomic mass is 10.00. The summed E-state index contributed by atoms with van der Waals surface area (Å²) in [6, 6.07) is 3.92. The molecule has 0 spiro atoms. The highest BCUT2D eigenvalue weighted by atomic mass is 16.4. The van der Waals surface area contributed by atoms with Crippen molar-refractivity contribution in [2.75, 3.05) is 7.05 Å². The van der Waals surface area contributed by atoms with Gasteiger partial charge >= 0.3 is 5.97 Å². The van der Waals surface area contributed by atoms with Crippen LogP contribution in [0.2, 0.25) is 0 Å². The normalized spacial score (nSPS) is 12.8. The van der Waals surface area contributed by atoms with Gasteiger partial charge in [-0.3, -0.25) is 9.69 Å². The molecule has 0 bridgehead atoms. The highest BCUT2D eigenvalue weighted by Gasteiger charge is 2.20. The molecular formula is C15H23NO2. The van der Waals surface area contributed by atoms with E-state index >= 15 is 0 Å². The third kappa shape index (κ3) is 3.33. The molecule has 0 fully saturated rings. The van der Waals surface area contributed by atoms with Crippen LogP contribution in [0.1, 0.15) is 35.6 Å². The molecule has 1 N–H and O–H groups in total. The molecule has 100 valence electrons. The minimum absolute atomic E-state index is 0.411. The fourth-order valence-corrected chi connectivity index (χ4v) is 2.24. The minimum atomic E-state index is -0.749. The molecule has 3 nitrogen and oxygen atoms in total. The number of carboxylic acids is 1. The number of aliphatic carboxylic acids is 1. The first-order valence-electron chi connectivity index (χ1n) is 6.36. The highest BCUT2D eigenvalue weighted by Crippen LogP contribution is 2.18. The third-order valence-corrected chi connectivity index (χ3v) is 3.58. The fraction of sp³-hybridized carbons (Fsp3) is 0.533. The second kappa shape index (κ2) is 6.01. The van der Waals surface area contributed by atoms with Gasteiger partial charge in [-0.1, -0.05) is 19.1 Å². The van der Waals surface area contributed by atoms with Gasteiger partial charge in [0.1, 0.15) is 6.04 Å². The summed E-state index contributed by atoms with van der Waals surface area (Å²) in [5.74, 6) is -0.749. The van der Waals surface area contributed by atoms with Crippen molar-refractivity contribution in [2.45, 2.75) is 46.7 Å². The Labute approximate surface area is 109 Å². The largest absolute Gasteiger partial charge is 0.480 e. The quantitative estimate of drug-likeness (QED) is 0.872. The Hall–Kier alpha value is -1.35. The van der Waals surface area contributed by atoms with Crippen molar-refractivity contribution in [3.05, 3.63) is 34.4 Å². The molecule has 1 aromatic rings. The van der Waals surface area contributed by atoms with E-state index in [0.29, 0.717) is 13.0 Å². The van der Waals surface area contributed by atoms with E-state index in [1.807, 2.05) is 18.9 Å². The van der Waals surface area contributed by atoms with Crippen molar-refractivity contribution < 1.29 is 9.90 Å². The predicted octanol–water partition coefficient (Wildman–Crippen LogP) is 2.91. The zero-order valence-electron chi connectivity index (χ0n) is 11.9. The van der Waals surface area contributed by atoms with Gasteiger partial charge in [-0.05, 0) is 56.5 Å². The van der Waals surface area contributed by atoms with Gasteiger partial charge in [0.05, 0.1) is 0 Å². The van der Waals surface area contributed by atoms with Gasteiger partial charge in [-0.15, -0.1) is 0 Å². The number of rotatable bonds is 5. The lowest BCUT2D eigenvalue weighted by molar-refractivity contribution is -0.143. The van der Waals surface area contributed by atoms with Crippen LogP contribution in [0.5, 0.6) is 0 Å². The molecule has 0 aliphatic rings. The van der Waals surface area contributed by atoms with Crippen molar-refractivity contribution >= 4 is 5.97 Å². The van der Waals surface area contributed by atoms with Crippen LogP contribution in [-0.2, 0) is 11.3 Å². The third-order valence-electron chi connectivity index (χ3n) is 3.58. The van der Waals surface area contributed by atoms with Crippen molar-refractivity contribution in [3.8, 4) is 0 Å². The number of benzene rings is 1. The molecule has 1 rings (SSSR count). The van der Waals surface area contributed by atoms with Gasteiger partial charge in [0.2, 0.25) is 0 Å². The van der Waals surface area contributed by atoms with E-state index in [-0.39, 0.29) is 0 Å². The van der Waals surface area contributed by atoms with E-state index < -0.39 is 12.0 Å². The van der Waals surface area contributed by atoms with Crippen molar-refractivity contribution in [1.29, 1.82) is 0 Å². The molecule has 0 radical (unpaired) electrons. The highest BCUT2D eigenvalue weighted by molar-refractivity contribution is 5.73. The van der Waals surface area contributed by atoms with Crippen LogP contribution in [0.15, 0.2) is 12.1 Å². The second-order valence-corrected chi connectivity index (χ2v) is 5.04. The van der Waals surface area contributed by atoms with E-state index in [1.165, 1.54) is 22.3 Å². The average molecular weight is 249 g/mol. The number of hydrogen-bond acceptors (Lipinski definition) is 2. The number of nitrogens with zero attached hydrogens (tertiary/aromatic N) is 1. The molecule has 18 heavy (non-hydrogen) atoms. The van der Waals surface area contributed by atoms with Crippen LogP contribution >= 0.6 is 0 Å². The fourth-order valence-electron chi connectivity index (χ4n) is 2.24. The van der Waals surface area contributed by atoms with Gasteiger partial charge in [-0.2, -0.15) is 0 Å². The molecule has 1 unspecified atom stereocenters. The van der Waals surface area contributed by atoms with Crippen molar-refractivity contribution in [2.24, 2.45) is 0 Å². The smallest absolute Gasteiger partial charge is 0.320 e. The van der Waals surface area contributed by atoms with Crippen LogP contribution in [0.3, 0.4) is 0 Å². The summed E-state index contributed by atoms with van der Waals surface area (Å²) < 4.78 is 0. The van der Waals surface area contributed by atoms with E-state index in [0.717, 1.165) is 0 Å². The molecule has 3 heteroatoms. The van der Waals surface area contributed by atoms with Crippen LogP contribution in [0.4, 0.5) is 0 Å². The predicted molar refractivity (Wildman–Crippen MR) is 73.8 cm³/mol. The minimum Gasteiger partial charge on any atom is -0.480 e. The number of likely N-dealkylation sites (N-methyl/N-ethyl adjacent to an activating group) is 1. The Morgan fingerprint density at radius 1 is 1.22 bits per heavy atom. The van der Waals surface area contributed by atoms with Gasteiger partial charge in [-0.25, -0.2) is 0 Å². The van der Waals surface area contributed by atoms with Crippen LogP contribution in [0.25, 0.3) is 0 Å². The summed E-state index contributed by atoms with van der Waals surface area (Å²) in [7, 11) is 1.87. The van der Waals surface area contributed by atoms with Crippen LogP contribution < -0.4 is 0 Å². The molecule has 1 aromatic carbocycles. The summed E-state index contributed by atoms with van der Waals surface area (Å²) in [6.07, 6.45) is 0.621. The molecule has 0 heterocycles. The van der Waals surface area contributed by atoms with Gasteiger partial charge in [0.15, 0.2) is 0 Å². The lowest BCUT2D eigenvalue weighted by Gasteiger charge is -2.24. The maximum absolute atomic E-state index is 11.1. The summed E-state index contributed by atoms with van der Waals surface area (Å²) in [5, 5.41) is 9.15. The van der Waals surface area contributed by atoms with Gasteiger partial charge < -0.3 is 5.11 Å². The number of hydrogen-bond donors (Lipinski definition) is 1. The number of carbonyl (C=O) groups is 1. The summed E-state index contributed by atoms with van der Waals surface area (Å²) in [4.78, 5) is 13.0. The molecule has 0 aromatic heterocycles. The maximum Gasteiger partial charge on any atom is 0.320 e. The van der Waals surface area contributed by atoms with Gasteiger partial charge in [0.25, 0.3) is 0 Å². The maximum atomic E-state index is 11.1.